The third-order valence-electron chi connectivity index (χ3n) is 7.09. The number of carbonyl (C=O) groups excluding carboxylic acids is 3. The van der Waals surface area contributed by atoms with Gasteiger partial charge in [0.25, 0.3) is 0 Å². The first-order valence-corrected chi connectivity index (χ1v) is 11.9. The molecule has 8 heteroatoms. The molecule has 3 amide bonds. The summed E-state index contributed by atoms with van der Waals surface area (Å²) in [5, 5.41) is 0. The molecular formula is C27H33N3O5. The maximum atomic E-state index is 14.0. The van der Waals surface area contributed by atoms with E-state index in [0.29, 0.717) is 24.4 Å². The Morgan fingerprint density at radius 2 is 1.74 bits per heavy atom. The van der Waals surface area contributed by atoms with Crippen LogP contribution in [0.4, 0.5) is 0 Å². The second kappa shape index (κ2) is 10.6. The molecule has 0 aromatic heterocycles. The standard InChI is InChI=1S/C27H33N3O5/c1-28-13-14-29(22(19-28)20-9-5-4-6-10-20)24(31)17-27(21-11-7-8-12-23(21)35-3)18-25(32)30(26(27)33)15-16-34-2/h4-12,22H,13-19H2,1-3H3/t22-,27?/m1/s1. The number of likely N-dealkylation sites (tertiary alicyclic amines) is 1. The molecule has 0 spiro atoms. The number of likely N-dealkylation sites (N-methyl/N-ethyl adjacent to an activating group) is 1. The largest absolute Gasteiger partial charge is 0.496 e. The van der Waals surface area contributed by atoms with E-state index in [1.165, 1.54) is 19.1 Å². The molecule has 2 atom stereocenters. The van der Waals surface area contributed by atoms with E-state index in [1.54, 1.807) is 12.1 Å². The molecule has 1 unspecified atom stereocenters. The fourth-order valence-corrected chi connectivity index (χ4v) is 5.23. The van der Waals surface area contributed by atoms with Gasteiger partial charge in [0, 0.05) is 45.1 Å². The van der Waals surface area contributed by atoms with E-state index in [4.69, 9.17) is 9.47 Å². The minimum absolute atomic E-state index is 0.0780. The Morgan fingerprint density at radius 1 is 1.03 bits per heavy atom. The van der Waals surface area contributed by atoms with E-state index in [-0.39, 0.29) is 49.8 Å². The number of nitrogens with zero attached hydrogens (tertiary/aromatic N) is 3. The number of ether oxygens (including phenoxy) is 2. The first kappa shape index (κ1) is 24.9. The monoisotopic (exact) mass is 479 g/mol. The van der Waals surface area contributed by atoms with Gasteiger partial charge in [-0.15, -0.1) is 0 Å². The van der Waals surface area contributed by atoms with E-state index in [2.05, 4.69) is 4.90 Å². The first-order valence-electron chi connectivity index (χ1n) is 11.9. The normalized spacial score (nSPS) is 23.1. The Hall–Kier alpha value is -3.23. The van der Waals surface area contributed by atoms with Crippen LogP contribution in [-0.4, -0.2) is 86.5 Å². The van der Waals surface area contributed by atoms with Crippen LogP contribution in [0.25, 0.3) is 0 Å². The highest BCUT2D eigenvalue weighted by Crippen LogP contribution is 2.44. The Kier molecular flexibility index (Phi) is 7.52. The second-order valence-electron chi connectivity index (χ2n) is 9.26. The van der Waals surface area contributed by atoms with Gasteiger partial charge in [-0.25, -0.2) is 0 Å². The van der Waals surface area contributed by atoms with Crippen molar-refractivity contribution in [2.75, 3.05) is 54.1 Å². The van der Waals surface area contributed by atoms with Gasteiger partial charge in [-0.3, -0.25) is 19.3 Å². The molecule has 2 saturated heterocycles. The number of hydrogen-bond donors (Lipinski definition) is 0. The van der Waals surface area contributed by atoms with E-state index >= 15 is 0 Å². The average Bonchev–Trinajstić information content (AvgIpc) is 3.12. The fourth-order valence-electron chi connectivity index (χ4n) is 5.23. The number of methoxy groups -OCH3 is 2. The zero-order chi connectivity index (χ0) is 25.0. The lowest BCUT2D eigenvalue weighted by molar-refractivity contribution is -0.144. The van der Waals surface area contributed by atoms with Gasteiger partial charge in [-0.2, -0.15) is 0 Å². The number of hydrogen-bond acceptors (Lipinski definition) is 6. The number of benzene rings is 2. The predicted octanol–water partition coefficient (Wildman–Crippen LogP) is 2.24. The Morgan fingerprint density at radius 3 is 2.46 bits per heavy atom. The SMILES string of the molecule is COCCN1C(=O)CC(CC(=O)N2CCN(C)C[C@@H]2c2ccccc2)(c2ccccc2OC)C1=O. The van der Waals surface area contributed by atoms with E-state index in [1.807, 2.05) is 54.4 Å². The van der Waals surface area contributed by atoms with E-state index in [9.17, 15) is 14.4 Å². The molecule has 2 aliphatic heterocycles. The van der Waals surface area contributed by atoms with E-state index < -0.39 is 5.41 Å². The Balaban J connectivity index is 1.72. The summed E-state index contributed by atoms with van der Waals surface area (Å²) in [4.78, 5) is 46.1. The van der Waals surface area contributed by atoms with Crippen LogP contribution in [0.15, 0.2) is 54.6 Å². The Bertz CT molecular complexity index is 1080. The molecule has 186 valence electrons. The van der Waals surface area contributed by atoms with Crippen molar-refractivity contribution in [3.8, 4) is 5.75 Å². The molecule has 35 heavy (non-hydrogen) atoms. The van der Waals surface area contributed by atoms with Crippen LogP contribution in [-0.2, 0) is 24.5 Å². The molecule has 0 bridgehead atoms. The molecule has 4 rings (SSSR count). The molecule has 0 N–H and O–H groups in total. The van der Waals surface area contributed by atoms with Crippen LogP contribution in [0.1, 0.15) is 30.0 Å². The van der Waals surface area contributed by atoms with Crippen LogP contribution in [0.3, 0.4) is 0 Å². The average molecular weight is 480 g/mol. The summed E-state index contributed by atoms with van der Waals surface area (Å²) in [7, 11) is 5.10. The van der Waals surface area contributed by atoms with Gasteiger partial charge in [0.1, 0.15) is 5.75 Å². The van der Waals surface area contributed by atoms with Crippen LogP contribution < -0.4 is 4.74 Å². The smallest absolute Gasteiger partial charge is 0.241 e. The molecule has 8 nitrogen and oxygen atoms in total. The zero-order valence-electron chi connectivity index (χ0n) is 20.6. The van der Waals surface area contributed by atoms with E-state index in [0.717, 1.165) is 12.1 Å². The molecule has 2 aromatic rings. The lowest BCUT2D eigenvalue weighted by Gasteiger charge is -2.41. The summed E-state index contributed by atoms with van der Waals surface area (Å²) in [6.45, 7) is 2.38. The summed E-state index contributed by atoms with van der Waals surface area (Å²) in [6, 6.07) is 17.0. The number of carbonyl (C=O) groups is 3. The number of piperazine rings is 1. The summed E-state index contributed by atoms with van der Waals surface area (Å²) in [5.41, 5.74) is 0.299. The van der Waals surface area contributed by atoms with Crippen molar-refractivity contribution in [2.45, 2.75) is 24.3 Å². The van der Waals surface area contributed by atoms with Crippen molar-refractivity contribution in [1.29, 1.82) is 0 Å². The van der Waals surface area contributed by atoms with Crippen molar-refractivity contribution in [3.63, 3.8) is 0 Å². The van der Waals surface area contributed by atoms with Gasteiger partial charge in [-0.05, 0) is 18.7 Å². The maximum absolute atomic E-state index is 14.0. The predicted molar refractivity (Wildman–Crippen MR) is 131 cm³/mol. The third-order valence-corrected chi connectivity index (χ3v) is 7.09. The van der Waals surface area contributed by atoms with Crippen molar-refractivity contribution in [2.24, 2.45) is 0 Å². The minimum Gasteiger partial charge on any atom is -0.496 e. The van der Waals surface area contributed by atoms with Gasteiger partial charge >= 0.3 is 0 Å². The summed E-state index contributed by atoms with van der Waals surface area (Å²) >= 11 is 0. The highest BCUT2D eigenvalue weighted by molar-refractivity contribution is 6.11. The molecular weight excluding hydrogens is 446 g/mol. The van der Waals surface area contributed by atoms with Gasteiger partial charge in [-0.1, -0.05) is 48.5 Å². The number of para-hydroxylation sites is 1. The molecule has 0 aliphatic carbocycles. The minimum atomic E-state index is -1.32. The number of amides is 3. The van der Waals surface area contributed by atoms with Gasteiger partial charge < -0.3 is 19.3 Å². The fraction of sp³-hybridized carbons (Fsp3) is 0.444. The molecule has 2 heterocycles. The zero-order valence-corrected chi connectivity index (χ0v) is 20.6. The second-order valence-corrected chi connectivity index (χ2v) is 9.26. The summed E-state index contributed by atoms with van der Waals surface area (Å²) < 4.78 is 10.7. The highest BCUT2D eigenvalue weighted by Gasteiger charge is 2.55. The first-order chi connectivity index (χ1) is 16.9. The third kappa shape index (κ3) is 4.81. The van der Waals surface area contributed by atoms with Crippen LogP contribution >= 0.6 is 0 Å². The quantitative estimate of drug-likeness (QED) is 0.541. The molecule has 2 fully saturated rings. The van der Waals surface area contributed by atoms with Crippen molar-refractivity contribution in [1.82, 2.24) is 14.7 Å². The van der Waals surface area contributed by atoms with Gasteiger partial charge in [0.15, 0.2) is 0 Å². The summed E-state index contributed by atoms with van der Waals surface area (Å²) in [5.74, 6) is -0.327. The molecule has 2 aromatic carbocycles. The van der Waals surface area contributed by atoms with Crippen LogP contribution in [0.5, 0.6) is 5.75 Å². The molecule has 0 saturated carbocycles. The van der Waals surface area contributed by atoms with Crippen molar-refractivity contribution in [3.05, 3.63) is 65.7 Å². The van der Waals surface area contributed by atoms with Crippen molar-refractivity contribution < 1.29 is 23.9 Å². The maximum Gasteiger partial charge on any atom is 0.241 e. The number of rotatable bonds is 8. The van der Waals surface area contributed by atoms with Crippen LogP contribution in [0, 0.1) is 0 Å². The van der Waals surface area contributed by atoms with Gasteiger partial charge in [0.2, 0.25) is 17.7 Å². The Labute approximate surface area is 206 Å². The lowest BCUT2D eigenvalue weighted by atomic mass is 9.75. The molecule has 0 radical (unpaired) electrons. The van der Waals surface area contributed by atoms with Crippen LogP contribution in [0.2, 0.25) is 0 Å². The molecule has 2 aliphatic rings. The number of imide groups is 1. The van der Waals surface area contributed by atoms with Gasteiger partial charge in [0.05, 0.1) is 31.7 Å². The lowest BCUT2D eigenvalue weighted by Crippen LogP contribution is -2.51. The summed E-state index contributed by atoms with van der Waals surface area (Å²) in [6.07, 6.45) is -0.181. The van der Waals surface area contributed by atoms with Crippen molar-refractivity contribution >= 4 is 17.7 Å². The highest BCUT2D eigenvalue weighted by atomic mass is 16.5. The topological polar surface area (TPSA) is 79.4 Å².